The lowest BCUT2D eigenvalue weighted by molar-refractivity contribution is -0.128. The largest absolute Gasteiger partial charge is 0.493 e. The van der Waals surface area contributed by atoms with Crippen LogP contribution in [0.3, 0.4) is 0 Å². The van der Waals surface area contributed by atoms with Crippen molar-refractivity contribution in [2.24, 2.45) is 0 Å². The molecule has 1 amide bonds. The van der Waals surface area contributed by atoms with Crippen molar-refractivity contribution < 1.29 is 14.3 Å². The molecule has 0 bridgehead atoms. The average Bonchev–Trinajstić information content (AvgIpc) is 2.61. The molecule has 0 aliphatic carbocycles. The molecule has 0 fully saturated rings. The smallest absolute Gasteiger partial charge is 0.261 e. The van der Waals surface area contributed by atoms with Crippen molar-refractivity contribution in [1.82, 2.24) is 5.32 Å². The van der Waals surface area contributed by atoms with Gasteiger partial charge in [-0.2, -0.15) is 0 Å². The van der Waals surface area contributed by atoms with Gasteiger partial charge in [-0.25, -0.2) is 0 Å². The van der Waals surface area contributed by atoms with E-state index >= 15 is 0 Å². The van der Waals surface area contributed by atoms with Crippen molar-refractivity contribution in [3.8, 4) is 11.5 Å². The summed E-state index contributed by atoms with van der Waals surface area (Å²) in [6.07, 6.45) is 0.769. The van der Waals surface area contributed by atoms with Gasteiger partial charge in [0, 0.05) is 11.6 Å². The van der Waals surface area contributed by atoms with Crippen LogP contribution in [-0.4, -0.2) is 25.7 Å². The summed E-state index contributed by atoms with van der Waals surface area (Å²) in [6, 6.07) is 14.9. The molecule has 2 aromatic rings. The monoisotopic (exact) mass is 347 g/mol. The van der Waals surface area contributed by atoms with Crippen LogP contribution in [0.15, 0.2) is 48.5 Å². The topological polar surface area (TPSA) is 47.6 Å². The van der Waals surface area contributed by atoms with Gasteiger partial charge in [-0.05, 0) is 42.7 Å². The van der Waals surface area contributed by atoms with Gasteiger partial charge < -0.3 is 14.8 Å². The van der Waals surface area contributed by atoms with E-state index in [4.69, 9.17) is 21.1 Å². The van der Waals surface area contributed by atoms with Gasteiger partial charge in [0.05, 0.1) is 7.11 Å². The third kappa shape index (κ3) is 5.17. The van der Waals surface area contributed by atoms with E-state index in [0.29, 0.717) is 29.5 Å². The maximum Gasteiger partial charge on any atom is 0.261 e. The number of amides is 1. The predicted molar refractivity (Wildman–Crippen MR) is 95.9 cm³/mol. The summed E-state index contributed by atoms with van der Waals surface area (Å²) in [5, 5.41) is 3.62. The lowest BCUT2D eigenvalue weighted by Crippen LogP contribution is -2.39. The Balaban J connectivity index is 1.88. The highest BCUT2D eigenvalue weighted by Crippen LogP contribution is 2.27. The van der Waals surface area contributed by atoms with Gasteiger partial charge in [0.2, 0.25) is 0 Å². The van der Waals surface area contributed by atoms with Crippen molar-refractivity contribution in [1.29, 1.82) is 0 Å². The molecule has 2 aromatic carbocycles. The maximum atomic E-state index is 12.3. The summed E-state index contributed by atoms with van der Waals surface area (Å²) in [5.41, 5.74) is 1.12. The standard InChI is InChI=1S/C19H22ClNO3/c1-3-16(24-18-7-5-4-6-17(18)23-2)19(22)21-13-12-14-8-10-15(20)11-9-14/h4-11,16H,3,12-13H2,1-2H3,(H,21,22). The van der Waals surface area contributed by atoms with E-state index in [-0.39, 0.29) is 5.91 Å². The van der Waals surface area contributed by atoms with Crippen LogP contribution in [0.2, 0.25) is 5.02 Å². The molecule has 0 spiro atoms. The first-order valence-corrected chi connectivity index (χ1v) is 8.33. The van der Waals surface area contributed by atoms with Gasteiger partial charge in [0.25, 0.3) is 5.91 Å². The number of halogens is 1. The number of methoxy groups -OCH3 is 1. The van der Waals surface area contributed by atoms with Gasteiger partial charge >= 0.3 is 0 Å². The summed E-state index contributed by atoms with van der Waals surface area (Å²) in [6.45, 7) is 2.46. The number of carbonyl (C=O) groups is 1. The first kappa shape index (κ1) is 18.1. The summed E-state index contributed by atoms with van der Waals surface area (Å²) in [4.78, 5) is 12.3. The lowest BCUT2D eigenvalue weighted by atomic mass is 10.1. The minimum atomic E-state index is -0.550. The molecular weight excluding hydrogens is 326 g/mol. The summed E-state index contributed by atoms with van der Waals surface area (Å²) in [7, 11) is 1.58. The molecule has 2 rings (SSSR count). The Kier molecular flexibility index (Phi) is 6.94. The number of benzene rings is 2. The van der Waals surface area contributed by atoms with Crippen LogP contribution in [-0.2, 0) is 11.2 Å². The fraction of sp³-hybridized carbons (Fsp3) is 0.316. The normalized spacial score (nSPS) is 11.6. The highest BCUT2D eigenvalue weighted by Gasteiger charge is 2.19. The number of para-hydroxylation sites is 2. The molecule has 0 aliphatic rings. The molecule has 5 heteroatoms. The first-order chi connectivity index (χ1) is 11.6. The van der Waals surface area contributed by atoms with Crippen LogP contribution >= 0.6 is 11.6 Å². The van der Waals surface area contributed by atoms with Crippen molar-refractivity contribution in [3.63, 3.8) is 0 Å². The zero-order valence-corrected chi connectivity index (χ0v) is 14.7. The highest BCUT2D eigenvalue weighted by atomic mass is 35.5. The molecule has 0 heterocycles. The van der Waals surface area contributed by atoms with E-state index < -0.39 is 6.10 Å². The van der Waals surface area contributed by atoms with E-state index in [1.54, 1.807) is 19.2 Å². The summed E-state index contributed by atoms with van der Waals surface area (Å²) >= 11 is 5.86. The van der Waals surface area contributed by atoms with Crippen molar-refractivity contribution in [2.45, 2.75) is 25.9 Å². The predicted octanol–water partition coefficient (Wildman–Crippen LogP) is 3.86. The molecule has 1 unspecified atom stereocenters. The Morgan fingerprint density at radius 3 is 2.42 bits per heavy atom. The molecule has 24 heavy (non-hydrogen) atoms. The molecular formula is C19H22ClNO3. The van der Waals surface area contributed by atoms with E-state index in [9.17, 15) is 4.79 Å². The molecule has 1 atom stereocenters. The molecule has 1 N–H and O–H groups in total. The fourth-order valence-electron chi connectivity index (χ4n) is 2.29. The maximum absolute atomic E-state index is 12.3. The van der Waals surface area contributed by atoms with Crippen LogP contribution in [0.5, 0.6) is 11.5 Å². The van der Waals surface area contributed by atoms with Crippen LogP contribution in [0.1, 0.15) is 18.9 Å². The molecule has 0 saturated heterocycles. The van der Waals surface area contributed by atoms with Gasteiger partial charge in [-0.15, -0.1) is 0 Å². The Labute approximate surface area is 147 Å². The number of hydrogen-bond donors (Lipinski definition) is 1. The van der Waals surface area contributed by atoms with Crippen LogP contribution in [0, 0.1) is 0 Å². The van der Waals surface area contributed by atoms with Crippen LogP contribution in [0.4, 0.5) is 0 Å². The molecule has 0 aromatic heterocycles. The van der Waals surface area contributed by atoms with Crippen LogP contribution < -0.4 is 14.8 Å². The number of hydrogen-bond acceptors (Lipinski definition) is 3. The number of carbonyl (C=O) groups excluding carboxylic acids is 1. The Bertz CT molecular complexity index is 658. The number of nitrogens with one attached hydrogen (secondary N) is 1. The van der Waals surface area contributed by atoms with E-state index in [2.05, 4.69) is 5.32 Å². The van der Waals surface area contributed by atoms with Crippen molar-refractivity contribution >= 4 is 17.5 Å². The molecule has 4 nitrogen and oxygen atoms in total. The number of ether oxygens (including phenoxy) is 2. The highest BCUT2D eigenvalue weighted by molar-refractivity contribution is 6.30. The Morgan fingerprint density at radius 1 is 1.12 bits per heavy atom. The first-order valence-electron chi connectivity index (χ1n) is 7.96. The van der Waals surface area contributed by atoms with Gasteiger partial charge in [0.15, 0.2) is 17.6 Å². The Morgan fingerprint density at radius 2 is 1.79 bits per heavy atom. The van der Waals surface area contributed by atoms with Crippen LogP contribution in [0.25, 0.3) is 0 Å². The molecule has 0 radical (unpaired) electrons. The van der Waals surface area contributed by atoms with Gasteiger partial charge in [-0.3, -0.25) is 4.79 Å². The van der Waals surface area contributed by atoms with E-state index in [0.717, 1.165) is 12.0 Å². The zero-order valence-electron chi connectivity index (χ0n) is 13.9. The quantitative estimate of drug-likeness (QED) is 0.788. The molecule has 0 aliphatic heterocycles. The summed E-state index contributed by atoms with van der Waals surface area (Å²) in [5.74, 6) is 1.06. The second kappa shape index (κ2) is 9.18. The fourth-order valence-corrected chi connectivity index (χ4v) is 2.41. The molecule has 0 saturated carbocycles. The third-order valence-corrected chi connectivity index (χ3v) is 3.88. The lowest BCUT2D eigenvalue weighted by Gasteiger charge is -2.18. The summed E-state index contributed by atoms with van der Waals surface area (Å²) < 4.78 is 11.1. The van der Waals surface area contributed by atoms with Crippen molar-refractivity contribution in [3.05, 3.63) is 59.1 Å². The second-order valence-corrected chi connectivity index (χ2v) is 5.77. The van der Waals surface area contributed by atoms with Gasteiger partial charge in [0.1, 0.15) is 0 Å². The third-order valence-electron chi connectivity index (χ3n) is 3.63. The zero-order chi connectivity index (χ0) is 17.4. The number of rotatable bonds is 8. The van der Waals surface area contributed by atoms with E-state index in [1.807, 2.05) is 43.3 Å². The van der Waals surface area contributed by atoms with Crippen molar-refractivity contribution in [2.75, 3.05) is 13.7 Å². The average molecular weight is 348 g/mol. The van der Waals surface area contributed by atoms with E-state index in [1.165, 1.54) is 0 Å². The Hall–Kier alpha value is -2.20. The van der Waals surface area contributed by atoms with Gasteiger partial charge in [-0.1, -0.05) is 42.8 Å². The SMILES string of the molecule is CCC(Oc1ccccc1OC)C(=O)NCCc1ccc(Cl)cc1. The molecule has 128 valence electrons. The minimum absolute atomic E-state index is 0.127. The second-order valence-electron chi connectivity index (χ2n) is 5.33. The minimum Gasteiger partial charge on any atom is -0.493 e.